The maximum Gasteiger partial charge on any atom is 0.0710 e. The van der Waals surface area contributed by atoms with Gasteiger partial charge in [0.25, 0.3) is 0 Å². The topological polar surface area (TPSA) is 38.5 Å². The Labute approximate surface area is 74.2 Å². The molecule has 2 N–H and O–H groups in total. The molecule has 0 spiro atoms. The summed E-state index contributed by atoms with van der Waals surface area (Å²) in [7, 11) is 1.78. The van der Waals surface area contributed by atoms with Gasteiger partial charge < -0.3 is 10.5 Å². The van der Waals surface area contributed by atoms with E-state index in [0.717, 1.165) is 26.1 Å². The zero-order chi connectivity index (χ0) is 8.81. The first-order valence-corrected chi connectivity index (χ1v) is 4.47. The quantitative estimate of drug-likeness (QED) is 0.613. The first kappa shape index (κ1) is 9.71. The minimum Gasteiger partial charge on any atom is -0.380 e. The zero-order valence-electron chi connectivity index (χ0n) is 7.70. The molecule has 0 bridgehead atoms. The number of hydrogen-bond donors (Lipinski definition) is 1. The minimum atomic E-state index is 0.441. The van der Waals surface area contributed by atoms with E-state index < -0.39 is 0 Å². The van der Waals surface area contributed by atoms with Gasteiger partial charge in [-0.25, -0.2) is 0 Å². The number of nitrogens with two attached hydrogens (primary N) is 1. The van der Waals surface area contributed by atoms with Crippen LogP contribution in [0.15, 0.2) is 12.2 Å². The standard InChI is InChI=1S/C9H18N2O/c1-12-9-4-7-11(8-9)6-3-2-5-10/h2-3,9H,4-8,10H2,1H3/b3-2+. The molecule has 1 fully saturated rings. The summed E-state index contributed by atoms with van der Waals surface area (Å²) in [6.45, 7) is 3.86. The largest absolute Gasteiger partial charge is 0.380 e. The molecule has 3 nitrogen and oxygen atoms in total. The second-order valence-corrected chi connectivity index (χ2v) is 3.11. The summed E-state index contributed by atoms with van der Waals surface area (Å²) in [5, 5.41) is 0. The minimum absolute atomic E-state index is 0.441. The summed E-state index contributed by atoms with van der Waals surface area (Å²) in [5.74, 6) is 0. The molecule has 0 saturated carbocycles. The van der Waals surface area contributed by atoms with Gasteiger partial charge in [-0.05, 0) is 6.42 Å². The Balaban J connectivity index is 2.14. The number of methoxy groups -OCH3 is 1. The molecule has 1 saturated heterocycles. The lowest BCUT2D eigenvalue weighted by Gasteiger charge is -2.12. The maximum atomic E-state index is 5.34. The summed E-state index contributed by atoms with van der Waals surface area (Å²) in [4.78, 5) is 2.38. The number of likely N-dealkylation sites (tertiary alicyclic amines) is 1. The Morgan fingerprint density at radius 3 is 3.00 bits per heavy atom. The zero-order valence-corrected chi connectivity index (χ0v) is 7.70. The molecular formula is C9H18N2O. The Kier molecular flexibility index (Phi) is 4.29. The molecular weight excluding hydrogens is 152 g/mol. The summed E-state index contributed by atoms with van der Waals surface area (Å²) in [6.07, 6.45) is 5.72. The Morgan fingerprint density at radius 1 is 1.58 bits per heavy atom. The van der Waals surface area contributed by atoms with Crippen LogP contribution in [0, 0.1) is 0 Å². The van der Waals surface area contributed by atoms with E-state index in [1.165, 1.54) is 0 Å². The SMILES string of the molecule is COC1CCN(C/C=C/CN)C1. The van der Waals surface area contributed by atoms with Crippen LogP contribution in [0.5, 0.6) is 0 Å². The van der Waals surface area contributed by atoms with Crippen molar-refractivity contribution in [1.29, 1.82) is 0 Å². The molecule has 3 heteroatoms. The molecule has 0 aliphatic carbocycles. The predicted molar refractivity (Wildman–Crippen MR) is 50.0 cm³/mol. The van der Waals surface area contributed by atoms with E-state index in [1.807, 2.05) is 6.08 Å². The van der Waals surface area contributed by atoms with Crippen molar-refractivity contribution in [2.45, 2.75) is 12.5 Å². The van der Waals surface area contributed by atoms with Gasteiger partial charge >= 0.3 is 0 Å². The van der Waals surface area contributed by atoms with Crippen LogP contribution >= 0.6 is 0 Å². The van der Waals surface area contributed by atoms with Crippen LogP contribution in [0.4, 0.5) is 0 Å². The molecule has 1 aliphatic heterocycles. The van der Waals surface area contributed by atoms with Gasteiger partial charge in [-0.15, -0.1) is 0 Å². The smallest absolute Gasteiger partial charge is 0.0710 e. The fourth-order valence-corrected chi connectivity index (χ4v) is 1.48. The van der Waals surface area contributed by atoms with E-state index >= 15 is 0 Å². The molecule has 0 aromatic heterocycles. The van der Waals surface area contributed by atoms with Crippen LogP contribution in [-0.2, 0) is 4.74 Å². The Bertz CT molecular complexity index is 147. The summed E-state index contributed by atoms with van der Waals surface area (Å²) >= 11 is 0. The van der Waals surface area contributed by atoms with Gasteiger partial charge in [-0.2, -0.15) is 0 Å². The van der Waals surface area contributed by atoms with E-state index in [9.17, 15) is 0 Å². The molecule has 0 amide bonds. The molecule has 1 aliphatic rings. The van der Waals surface area contributed by atoms with Crippen molar-refractivity contribution in [2.24, 2.45) is 5.73 Å². The van der Waals surface area contributed by atoms with Gasteiger partial charge in [0.05, 0.1) is 6.10 Å². The van der Waals surface area contributed by atoms with Crippen molar-refractivity contribution in [2.75, 3.05) is 33.3 Å². The molecule has 0 aromatic rings. The van der Waals surface area contributed by atoms with Crippen molar-refractivity contribution in [1.82, 2.24) is 4.90 Å². The molecule has 1 rings (SSSR count). The van der Waals surface area contributed by atoms with Crippen LogP contribution < -0.4 is 5.73 Å². The first-order chi connectivity index (χ1) is 5.86. The normalized spacial score (nSPS) is 25.7. The summed E-state index contributed by atoms with van der Waals surface area (Å²) in [5.41, 5.74) is 5.34. The lowest BCUT2D eigenvalue weighted by Crippen LogP contribution is -2.22. The van der Waals surface area contributed by atoms with E-state index in [-0.39, 0.29) is 0 Å². The van der Waals surface area contributed by atoms with Crippen LogP contribution in [-0.4, -0.2) is 44.3 Å². The molecule has 70 valence electrons. The number of rotatable bonds is 4. The average Bonchev–Trinajstić information content (AvgIpc) is 2.53. The predicted octanol–water partition coefficient (Wildman–Crippen LogP) is 0.222. The summed E-state index contributed by atoms with van der Waals surface area (Å²) < 4.78 is 5.26. The van der Waals surface area contributed by atoms with Crippen molar-refractivity contribution < 1.29 is 4.74 Å². The Morgan fingerprint density at radius 2 is 2.42 bits per heavy atom. The fraction of sp³-hybridized carbons (Fsp3) is 0.778. The van der Waals surface area contributed by atoms with Crippen molar-refractivity contribution in [3.05, 3.63) is 12.2 Å². The third-order valence-electron chi connectivity index (χ3n) is 2.23. The Hall–Kier alpha value is -0.380. The molecule has 1 unspecified atom stereocenters. The lowest BCUT2D eigenvalue weighted by molar-refractivity contribution is 0.109. The van der Waals surface area contributed by atoms with Crippen LogP contribution in [0.2, 0.25) is 0 Å². The third kappa shape index (κ3) is 2.93. The van der Waals surface area contributed by atoms with E-state index in [2.05, 4.69) is 11.0 Å². The van der Waals surface area contributed by atoms with Crippen LogP contribution in [0.3, 0.4) is 0 Å². The lowest BCUT2D eigenvalue weighted by atomic mass is 10.3. The highest BCUT2D eigenvalue weighted by atomic mass is 16.5. The first-order valence-electron chi connectivity index (χ1n) is 4.47. The highest BCUT2D eigenvalue weighted by molar-refractivity contribution is 4.88. The number of nitrogens with zero attached hydrogens (tertiary/aromatic N) is 1. The second-order valence-electron chi connectivity index (χ2n) is 3.11. The van der Waals surface area contributed by atoms with Gasteiger partial charge in [0, 0.05) is 33.3 Å². The number of ether oxygens (including phenoxy) is 1. The highest BCUT2D eigenvalue weighted by Gasteiger charge is 2.20. The van der Waals surface area contributed by atoms with Gasteiger partial charge in [-0.3, -0.25) is 4.90 Å². The van der Waals surface area contributed by atoms with Crippen molar-refractivity contribution in [3.63, 3.8) is 0 Å². The summed E-state index contributed by atoms with van der Waals surface area (Å²) in [6, 6.07) is 0. The maximum absolute atomic E-state index is 5.34. The molecule has 0 aromatic carbocycles. The molecule has 12 heavy (non-hydrogen) atoms. The average molecular weight is 170 g/mol. The number of hydrogen-bond acceptors (Lipinski definition) is 3. The fourth-order valence-electron chi connectivity index (χ4n) is 1.48. The van der Waals surface area contributed by atoms with Crippen molar-refractivity contribution >= 4 is 0 Å². The van der Waals surface area contributed by atoms with E-state index in [0.29, 0.717) is 12.6 Å². The monoisotopic (exact) mass is 170 g/mol. The molecule has 1 atom stereocenters. The van der Waals surface area contributed by atoms with E-state index in [1.54, 1.807) is 7.11 Å². The van der Waals surface area contributed by atoms with Crippen LogP contribution in [0.1, 0.15) is 6.42 Å². The molecule has 1 heterocycles. The third-order valence-corrected chi connectivity index (χ3v) is 2.23. The van der Waals surface area contributed by atoms with Gasteiger partial charge in [0.1, 0.15) is 0 Å². The second kappa shape index (κ2) is 5.30. The van der Waals surface area contributed by atoms with Crippen molar-refractivity contribution in [3.8, 4) is 0 Å². The van der Waals surface area contributed by atoms with Crippen LogP contribution in [0.25, 0.3) is 0 Å². The molecule has 0 radical (unpaired) electrons. The van der Waals surface area contributed by atoms with Gasteiger partial charge in [0.2, 0.25) is 0 Å². The van der Waals surface area contributed by atoms with Gasteiger partial charge in [-0.1, -0.05) is 12.2 Å². The van der Waals surface area contributed by atoms with E-state index in [4.69, 9.17) is 10.5 Å². The highest BCUT2D eigenvalue weighted by Crippen LogP contribution is 2.10. The van der Waals surface area contributed by atoms with Gasteiger partial charge in [0.15, 0.2) is 0 Å².